The molecular weight excluding hydrogens is 406 g/mol. The van der Waals surface area contributed by atoms with Crippen LogP contribution in [0.5, 0.6) is 0 Å². The van der Waals surface area contributed by atoms with E-state index in [1.165, 1.54) is 0 Å². The highest BCUT2D eigenvalue weighted by molar-refractivity contribution is 9.10. The average molecular weight is 429 g/mol. The number of benzene rings is 1. The van der Waals surface area contributed by atoms with Gasteiger partial charge in [-0.2, -0.15) is 0 Å². The van der Waals surface area contributed by atoms with Gasteiger partial charge in [0.15, 0.2) is 0 Å². The zero-order valence-corrected chi connectivity index (χ0v) is 16.8. The van der Waals surface area contributed by atoms with Crippen molar-refractivity contribution in [3.63, 3.8) is 0 Å². The van der Waals surface area contributed by atoms with Crippen molar-refractivity contribution < 1.29 is 4.79 Å². The van der Waals surface area contributed by atoms with Gasteiger partial charge >= 0.3 is 0 Å². The molecule has 136 valence electrons. The standard InChI is InChI=1S/C17H22BrN5O.ClH/c1-17(19,13-3-5-14(18)6-4-13)16(24)23-9-7-12(8-10-23)15-21-20-11-22(15)2;/h3-6,11-12H,7-10,19H2,1-2H3;1H. The van der Waals surface area contributed by atoms with E-state index in [9.17, 15) is 4.79 Å². The van der Waals surface area contributed by atoms with Crippen LogP contribution in [0.2, 0.25) is 0 Å². The maximum Gasteiger partial charge on any atom is 0.246 e. The molecule has 1 fully saturated rings. The van der Waals surface area contributed by atoms with Gasteiger partial charge in [-0.3, -0.25) is 4.79 Å². The fourth-order valence-electron chi connectivity index (χ4n) is 3.25. The van der Waals surface area contributed by atoms with Crippen LogP contribution in [0.3, 0.4) is 0 Å². The molecule has 0 radical (unpaired) electrons. The molecule has 1 amide bonds. The maximum atomic E-state index is 12.9. The Hall–Kier alpha value is -1.44. The molecule has 0 aliphatic carbocycles. The monoisotopic (exact) mass is 427 g/mol. The lowest BCUT2D eigenvalue weighted by molar-refractivity contribution is -0.137. The van der Waals surface area contributed by atoms with Crippen LogP contribution in [0.25, 0.3) is 0 Å². The molecular formula is C17H23BrClN5O. The number of carbonyl (C=O) groups excluding carboxylic acids is 1. The van der Waals surface area contributed by atoms with Gasteiger partial charge in [0, 0.05) is 30.5 Å². The Morgan fingerprint density at radius 1 is 1.28 bits per heavy atom. The number of carbonyl (C=O) groups is 1. The summed E-state index contributed by atoms with van der Waals surface area (Å²) >= 11 is 3.41. The van der Waals surface area contributed by atoms with E-state index in [2.05, 4.69) is 26.1 Å². The predicted molar refractivity (Wildman–Crippen MR) is 102 cm³/mol. The molecule has 1 aromatic heterocycles. The number of hydrogen-bond donors (Lipinski definition) is 1. The summed E-state index contributed by atoms with van der Waals surface area (Å²) in [7, 11) is 1.96. The first-order valence-corrected chi connectivity index (χ1v) is 8.87. The van der Waals surface area contributed by atoms with E-state index in [1.807, 2.05) is 40.8 Å². The number of rotatable bonds is 3. The molecule has 1 aromatic carbocycles. The number of halogens is 2. The molecule has 1 saturated heterocycles. The summed E-state index contributed by atoms with van der Waals surface area (Å²) in [4.78, 5) is 14.8. The van der Waals surface area contributed by atoms with Crippen molar-refractivity contribution in [3.8, 4) is 0 Å². The van der Waals surface area contributed by atoms with E-state index >= 15 is 0 Å². The zero-order chi connectivity index (χ0) is 17.3. The van der Waals surface area contributed by atoms with Crippen molar-refractivity contribution in [1.82, 2.24) is 19.7 Å². The fourth-order valence-corrected chi connectivity index (χ4v) is 3.51. The van der Waals surface area contributed by atoms with Crippen molar-refractivity contribution in [2.75, 3.05) is 13.1 Å². The minimum atomic E-state index is -1.02. The Kier molecular flexibility index (Phi) is 6.24. The van der Waals surface area contributed by atoms with E-state index < -0.39 is 5.54 Å². The quantitative estimate of drug-likeness (QED) is 0.815. The third kappa shape index (κ3) is 4.04. The van der Waals surface area contributed by atoms with Gasteiger partial charge < -0.3 is 15.2 Å². The van der Waals surface area contributed by atoms with Crippen LogP contribution in [0.4, 0.5) is 0 Å². The highest BCUT2D eigenvalue weighted by atomic mass is 79.9. The normalized spacial score (nSPS) is 17.7. The second-order valence-corrected chi connectivity index (χ2v) is 7.49. The van der Waals surface area contributed by atoms with E-state index in [4.69, 9.17) is 5.73 Å². The van der Waals surface area contributed by atoms with Gasteiger partial charge in [0.25, 0.3) is 0 Å². The summed E-state index contributed by atoms with van der Waals surface area (Å²) in [5.41, 5.74) is 6.19. The van der Waals surface area contributed by atoms with Crippen LogP contribution in [0.15, 0.2) is 35.1 Å². The van der Waals surface area contributed by atoms with E-state index in [-0.39, 0.29) is 18.3 Å². The lowest BCUT2D eigenvalue weighted by atomic mass is 9.89. The van der Waals surface area contributed by atoms with E-state index in [1.54, 1.807) is 13.3 Å². The number of piperidine rings is 1. The van der Waals surface area contributed by atoms with Crippen LogP contribution in [-0.4, -0.2) is 38.7 Å². The summed E-state index contributed by atoms with van der Waals surface area (Å²) in [5, 5.41) is 8.14. The third-order valence-corrected chi connectivity index (χ3v) is 5.31. The van der Waals surface area contributed by atoms with E-state index in [0.717, 1.165) is 28.7 Å². The Labute approximate surface area is 162 Å². The van der Waals surface area contributed by atoms with Crippen LogP contribution in [0, 0.1) is 0 Å². The highest BCUT2D eigenvalue weighted by Crippen LogP contribution is 2.29. The van der Waals surface area contributed by atoms with Gasteiger partial charge in [-0.25, -0.2) is 0 Å². The van der Waals surface area contributed by atoms with Crippen molar-refractivity contribution in [3.05, 3.63) is 46.5 Å². The number of aryl methyl sites for hydroxylation is 1. The highest BCUT2D eigenvalue weighted by Gasteiger charge is 2.36. The number of amides is 1. The van der Waals surface area contributed by atoms with Crippen molar-refractivity contribution in [2.45, 2.75) is 31.2 Å². The lowest BCUT2D eigenvalue weighted by Crippen LogP contribution is -2.52. The Morgan fingerprint density at radius 2 is 1.88 bits per heavy atom. The molecule has 6 nitrogen and oxygen atoms in total. The van der Waals surface area contributed by atoms with Gasteiger partial charge in [-0.05, 0) is 37.5 Å². The summed E-state index contributed by atoms with van der Waals surface area (Å²) in [6, 6.07) is 7.62. The summed E-state index contributed by atoms with van der Waals surface area (Å²) < 4.78 is 2.93. The van der Waals surface area contributed by atoms with Crippen molar-refractivity contribution in [1.29, 1.82) is 0 Å². The number of nitrogens with two attached hydrogens (primary N) is 1. The molecule has 1 aliphatic rings. The van der Waals surface area contributed by atoms with Crippen molar-refractivity contribution >= 4 is 34.2 Å². The minimum absolute atomic E-state index is 0. The molecule has 8 heteroatoms. The second-order valence-electron chi connectivity index (χ2n) is 6.58. The van der Waals surface area contributed by atoms with Crippen LogP contribution < -0.4 is 5.73 Å². The van der Waals surface area contributed by atoms with Crippen LogP contribution in [-0.2, 0) is 17.4 Å². The molecule has 2 aromatic rings. The number of likely N-dealkylation sites (tertiary alicyclic amines) is 1. The SMILES string of the molecule is Cl.Cn1cnnc1C1CCN(C(=O)C(C)(N)c2ccc(Br)cc2)CC1. The van der Waals surface area contributed by atoms with Gasteiger partial charge in [-0.1, -0.05) is 28.1 Å². The number of aromatic nitrogens is 3. The van der Waals surface area contributed by atoms with Crippen LogP contribution in [0.1, 0.15) is 37.1 Å². The topological polar surface area (TPSA) is 77.0 Å². The van der Waals surface area contributed by atoms with E-state index in [0.29, 0.717) is 19.0 Å². The maximum absolute atomic E-state index is 12.9. The molecule has 0 bridgehead atoms. The Bertz CT molecular complexity index is 723. The summed E-state index contributed by atoms with van der Waals surface area (Å²) in [6.07, 6.45) is 3.49. The second kappa shape index (κ2) is 7.85. The Balaban J connectivity index is 0.00000225. The van der Waals surface area contributed by atoms with Crippen molar-refractivity contribution in [2.24, 2.45) is 12.8 Å². The summed E-state index contributed by atoms with van der Waals surface area (Å²) in [6.45, 7) is 3.17. The largest absolute Gasteiger partial charge is 0.341 e. The zero-order valence-electron chi connectivity index (χ0n) is 14.4. The molecule has 1 atom stereocenters. The molecule has 1 unspecified atom stereocenters. The first kappa shape index (κ1) is 19.9. The lowest BCUT2D eigenvalue weighted by Gasteiger charge is -2.36. The molecule has 0 saturated carbocycles. The molecule has 1 aliphatic heterocycles. The first-order chi connectivity index (χ1) is 11.4. The smallest absolute Gasteiger partial charge is 0.246 e. The molecule has 3 rings (SSSR count). The molecule has 2 N–H and O–H groups in total. The Morgan fingerprint density at radius 3 is 2.40 bits per heavy atom. The number of nitrogens with zero attached hydrogens (tertiary/aromatic N) is 4. The first-order valence-electron chi connectivity index (χ1n) is 8.08. The predicted octanol–water partition coefficient (Wildman–Crippen LogP) is 2.58. The van der Waals surface area contributed by atoms with Gasteiger partial charge in [-0.15, -0.1) is 22.6 Å². The summed E-state index contributed by atoms with van der Waals surface area (Å²) in [5.74, 6) is 1.31. The minimum Gasteiger partial charge on any atom is -0.341 e. The van der Waals surface area contributed by atoms with Gasteiger partial charge in [0.1, 0.15) is 17.7 Å². The molecule has 25 heavy (non-hydrogen) atoms. The van der Waals surface area contributed by atoms with Gasteiger partial charge in [0.05, 0.1) is 0 Å². The number of hydrogen-bond acceptors (Lipinski definition) is 4. The fraction of sp³-hybridized carbons (Fsp3) is 0.471. The van der Waals surface area contributed by atoms with Crippen LogP contribution >= 0.6 is 28.3 Å². The molecule has 2 heterocycles. The average Bonchev–Trinajstić information content (AvgIpc) is 3.01. The third-order valence-electron chi connectivity index (χ3n) is 4.78. The van der Waals surface area contributed by atoms with Gasteiger partial charge in [0.2, 0.25) is 5.91 Å². The molecule has 0 spiro atoms.